The Hall–Kier alpha value is -2.86. The zero-order valence-electron chi connectivity index (χ0n) is 14.0. The lowest BCUT2D eigenvalue weighted by atomic mass is 10.2. The lowest BCUT2D eigenvalue weighted by Crippen LogP contribution is -2.32. The number of carbonyl (C=O) groups is 1. The van der Waals surface area contributed by atoms with Gasteiger partial charge >= 0.3 is 0 Å². The number of nitrogens with one attached hydrogen (secondary N) is 1. The van der Waals surface area contributed by atoms with Crippen LogP contribution in [0.15, 0.2) is 71.3 Å². The maximum atomic E-state index is 13.0. The molecule has 1 amide bonds. The molecule has 0 saturated heterocycles. The van der Waals surface area contributed by atoms with E-state index in [4.69, 9.17) is 4.74 Å². The van der Waals surface area contributed by atoms with Gasteiger partial charge in [-0.15, -0.1) is 0 Å². The van der Waals surface area contributed by atoms with Crippen molar-refractivity contribution >= 4 is 33.2 Å². The highest BCUT2D eigenvalue weighted by molar-refractivity contribution is 9.10. The minimum atomic E-state index is -0.388. The van der Waals surface area contributed by atoms with E-state index in [-0.39, 0.29) is 12.1 Å². The molecular formula is C20H16BrN3O2. The monoisotopic (exact) mass is 409 g/mol. The van der Waals surface area contributed by atoms with Crippen molar-refractivity contribution in [3.63, 3.8) is 0 Å². The van der Waals surface area contributed by atoms with Gasteiger partial charge < -0.3 is 10.1 Å². The Morgan fingerprint density at radius 1 is 1.12 bits per heavy atom. The average Bonchev–Trinajstić information content (AvgIpc) is 2.94. The quantitative estimate of drug-likeness (QED) is 0.682. The molecule has 1 atom stereocenters. The molecule has 130 valence electrons. The summed E-state index contributed by atoms with van der Waals surface area (Å²) < 4.78 is 6.18. The van der Waals surface area contributed by atoms with Crippen LogP contribution in [0.1, 0.15) is 22.2 Å². The number of aromatic nitrogens is 1. The van der Waals surface area contributed by atoms with Crippen molar-refractivity contribution in [1.82, 2.24) is 4.98 Å². The first-order valence-electron chi connectivity index (χ1n) is 8.12. The van der Waals surface area contributed by atoms with Gasteiger partial charge in [-0.25, -0.2) is 0 Å². The number of halogens is 1. The number of benzene rings is 2. The van der Waals surface area contributed by atoms with E-state index >= 15 is 0 Å². The fourth-order valence-corrected chi connectivity index (χ4v) is 3.46. The Labute approximate surface area is 159 Å². The lowest BCUT2D eigenvalue weighted by molar-refractivity contribution is 0.0993. The highest BCUT2D eigenvalue weighted by atomic mass is 79.9. The maximum Gasteiger partial charge on any atom is 0.262 e. The van der Waals surface area contributed by atoms with Crippen LogP contribution in [0, 0.1) is 0 Å². The zero-order chi connectivity index (χ0) is 18.1. The van der Waals surface area contributed by atoms with Crippen LogP contribution < -0.4 is 15.0 Å². The molecule has 1 aliphatic heterocycles. The molecule has 2 aromatic carbocycles. The molecule has 6 heteroatoms. The van der Waals surface area contributed by atoms with Crippen LogP contribution in [0.4, 0.5) is 11.4 Å². The molecule has 0 spiro atoms. The van der Waals surface area contributed by atoms with E-state index in [0.717, 1.165) is 21.6 Å². The third-order valence-corrected chi connectivity index (χ3v) is 4.78. The van der Waals surface area contributed by atoms with E-state index in [0.29, 0.717) is 11.3 Å². The van der Waals surface area contributed by atoms with Gasteiger partial charge in [0.05, 0.1) is 18.4 Å². The SMILES string of the molecule is COc1ccc(N2C(=O)c3cccnc3[C@H]2Nc2cccc(Br)c2)cc1. The standard InChI is InChI=1S/C20H16BrN3O2/c1-26-16-9-7-15(8-10-16)24-19(23-14-5-2-4-13(21)12-14)18-17(20(24)25)6-3-11-22-18/h2-12,19,23H,1H3/t19-/m0/s1. The first kappa shape index (κ1) is 16.6. The number of rotatable bonds is 4. The number of amides is 1. The minimum Gasteiger partial charge on any atom is -0.497 e. The van der Waals surface area contributed by atoms with E-state index in [9.17, 15) is 4.79 Å². The van der Waals surface area contributed by atoms with Crippen molar-refractivity contribution in [2.45, 2.75) is 6.17 Å². The fourth-order valence-electron chi connectivity index (χ4n) is 3.06. The minimum absolute atomic E-state index is 0.0780. The Bertz CT molecular complexity index is 959. The Balaban J connectivity index is 1.76. The van der Waals surface area contributed by atoms with Gasteiger partial charge in [0.2, 0.25) is 0 Å². The van der Waals surface area contributed by atoms with E-state index < -0.39 is 0 Å². The Morgan fingerprint density at radius 3 is 2.65 bits per heavy atom. The van der Waals surface area contributed by atoms with Gasteiger partial charge in [0.15, 0.2) is 6.17 Å². The predicted molar refractivity (Wildman–Crippen MR) is 105 cm³/mol. The summed E-state index contributed by atoms with van der Waals surface area (Å²) in [6.45, 7) is 0. The van der Waals surface area contributed by atoms with Crippen LogP contribution in [0.2, 0.25) is 0 Å². The third kappa shape index (κ3) is 2.93. The molecule has 5 nitrogen and oxygen atoms in total. The van der Waals surface area contributed by atoms with Crippen LogP contribution in [0.5, 0.6) is 5.75 Å². The van der Waals surface area contributed by atoms with Crippen LogP contribution in [0.25, 0.3) is 0 Å². The van der Waals surface area contributed by atoms with E-state index in [2.05, 4.69) is 26.2 Å². The number of methoxy groups -OCH3 is 1. The molecule has 0 bridgehead atoms. The number of nitrogens with zero attached hydrogens (tertiary/aromatic N) is 2. The summed E-state index contributed by atoms with van der Waals surface area (Å²) in [5.41, 5.74) is 3.00. The van der Waals surface area contributed by atoms with Crippen molar-refractivity contribution < 1.29 is 9.53 Å². The summed E-state index contributed by atoms with van der Waals surface area (Å²) >= 11 is 3.48. The molecule has 2 heterocycles. The number of fused-ring (bicyclic) bond motifs is 1. The van der Waals surface area contributed by atoms with Gasteiger partial charge in [-0.05, 0) is 54.6 Å². The molecule has 4 rings (SSSR count). The number of anilines is 2. The molecule has 0 radical (unpaired) electrons. The second-order valence-corrected chi connectivity index (χ2v) is 6.78. The fraction of sp³-hybridized carbons (Fsp3) is 0.100. The molecule has 3 aromatic rings. The van der Waals surface area contributed by atoms with Crippen molar-refractivity contribution in [3.05, 3.63) is 82.6 Å². The third-order valence-electron chi connectivity index (χ3n) is 4.28. The van der Waals surface area contributed by atoms with Gasteiger partial charge in [0.1, 0.15) is 5.75 Å². The lowest BCUT2D eigenvalue weighted by Gasteiger charge is -2.26. The summed E-state index contributed by atoms with van der Waals surface area (Å²) in [6, 6.07) is 18.9. The van der Waals surface area contributed by atoms with Crippen molar-refractivity contribution in [2.75, 3.05) is 17.3 Å². The molecule has 26 heavy (non-hydrogen) atoms. The summed E-state index contributed by atoms with van der Waals surface area (Å²) in [6.07, 6.45) is 1.32. The van der Waals surface area contributed by atoms with Crippen molar-refractivity contribution in [3.8, 4) is 5.75 Å². The zero-order valence-corrected chi connectivity index (χ0v) is 15.6. The topological polar surface area (TPSA) is 54.5 Å². The first-order valence-corrected chi connectivity index (χ1v) is 8.91. The van der Waals surface area contributed by atoms with Gasteiger partial charge in [0.25, 0.3) is 5.91 Å². The molecule has 1 aliphatic rings. The predicted octanol–water partition coefficient (Wildman–Crippen LogP) is 4.62. The van der Waals surface area contributed by atoms with Crippen LogP contribution in [-0.2, 0) is 0 Å². The highest BCUT2D eigenvalue weighted by Gasteiger charge is 2.38. The molecule has 1 N–H and O–H groups in total. The van der Waals surface area contributed by atoms with Gasteiger partial charge in [-0.2, -0.15) is 0 Å². The van der Waals surface area contributed by atoms with Crippen LogP contribution >= 0.6 is 15.9 Å². The second-order valence-electron chi connectivity index (χ2n) is 5.87. The number of pyridine rings is 1. The van der Waals surface area contributed by atoms with Crippen molar-refractivity contribution in [1.29, 1.82) is 0 Å². The van der Waals surface area contributed by atoms with Gasteiger partial charge in [-0.1, -0.05) is 22.0 Å². The van der Waals surface area contributed by atoms with Gasteiger partial charge in [0, 0.05) is 22.0 Å². The smallest absolute Gasteiger partial charge is 0.262 e. The highest BCUT2D eigenvalue weighted by Crippen LogP contribution is 2.37. The number of carbonyl (C=O) groups excluding carboxylic acids is 1. The van der Waals surface area contributed by atoms with E-state index in [1.165, 1.54) is 0 Å². The molecular weight excluding hydrogens is 394 g/mol. The van der Waals surface area contributed by atoms with Gasteiger partial charge in [-0.3, -0.25) is 14.7 Å². The summed E-state index contributed by atoms with van der Waals surface area (Å²) in [5, 5.41) is 3.43. The van der Waals surface area contributed by atoms with Crippen molar-refractivity contribution in [2.24, 2.45) is 0 Å². The molecule has 0 aliphatic carbocycles. The average molecular weight is 410 g/mol. The molecule has 0 unspecified atom stereocenters. The molecule has 1 aromatic heterocycles. The summed E-state index contributed by atoms with van der Waals surface area (Å²) in [4.78, 5) is 19.2. The molecule has 0 fully saturated rings. The number of hydrogen-bond acceptors (Lipinski definition) is 4. The number of hydrogen-bond donors (Lipinski definition) is 1. The largest absolute Gasteiger partial charge is 0.497 e. The Morgan fingerprint density at radius 2 is 1.92 bits per heavy atom. The normalized spacial score (nSPS) is 15.7. The number of ether oxygens (including phenoxy) is 1. The van der Waals surface area contributed by atoms with E-state index in [1.807, 2.05) is 54.6 Å². The maximum absolute atomic E-state index is 13.0. The van der Waals surface area contributed by atoms with Crippen LogP contribution in [0.3, 0.4) is 0 Å². The Kier molecular flexibility index (Phi) is 4.34. The first-order chi connectivity index (χ1) is 12.7. The van der Waals surface area contributed by atoms with Crippen LogP contribution in [-0.4, -0.2) is 18.0 Å². The second kappa shape index (κ2) is 6.80. The van der Waals surface area contributed by atoms with E-state index in [1.54, 1.807) is 24.3 Å². The summed E-state index contributed by atoms with van der Waals surface area (Å²) in [7, 11) is 1.62. The molecule has 0 saturated carbocycles. The summed E-state index contributed by atoms with van der Waals surface area (Å²) in [5.74, 6) is 0.665.